The van der Waals surface area contributed by atoms with Crippen LogP contribution >= 0.6 is 0 Å². The van der Waals surface area contributed by atoms with Crippen LogP contribution in [0.4, 0.5) is 0 Å². The van der Waals surface area contributed by atoms with E-state index in [0.717, 1.165) is 24.2 Å². The Bertz CT molecular complexity index is 672. The Morgan fingerprint density at radius 1 is 0.909 bits per heavy atom. The molecule has 1 aliphatic heterocycles. The van der Waals surface area contributed by atoms with E-state index in [1.807, 2.05) is 24.3 Å². The van der Waals surface area contributed by atoms with E-state index >= 15 is 0 Å². The van der Waals surface area contributed by atoms with E-state index in [4.69, 9.17) is 4.74 Å². The molecule has 2 aromatic carbocycles. The number of aryl methyl sites for hydroxylation is 1. The molecule has 2 amide bonds. The molecular formula is C18H17NO3. The lowest BCUT2D eigenvalue weighted by molar-refractivity contribution is 0.0652. The second-order valence-electron chi connectivity index (χ2n) is 5.26. The van der Waals surface area contributed by atoms with Gasteiger partial charge < -0.3 is 4.74 Å². The number of rotatable bonds is 5. The van der Waals surface area contributed by atoms with Gasteiger partial charge in [0.2, 0.25) is 0 Å². The maximum absolute atomic E-state index is 12.2. The first-order valence-corrected chi connectivity index (χ1v) is 7.29. The Morgan fingerprint density at radius 3 is 2.05 bits per heavy atom. The summed E-state index contributed by atoms with van der Waals surface area (Å²) in [4.78, 5) is 25.8. The highest BCUT2D eigenvalue weighted by atomic mass is 16.5. The van der Waals surface area contributed by atoms with Crippen molar-refractivity contribution in [3.05, 3.63) is 65.2 Å². The van der Waals surface area contributed by atoms with Crippen molar-refractivity contribution >= 4 is 11.8 Å². The first-order chi connectivity index (χ1) is 10.7. The van der Waals surface area contributed by atoms with Crippen molar-refractivity contribution < 1.29 is 14.3 Å². The summed E-state index contributed by atoms with van der Waals surface area (Å²) in [7, 11) is 1.64. The lowest BCUT2D eigenvalue weighted by Crippen LogP contribution is -2.30. The first kappa shape index (κ1) is 14.3. The van der Waals surface area contributed by atoms with E-state index in [2.05, 4.69) is 0 Å². The molecular weight excluding hydrogens is 278 g/mol. The lowest BCUT2D eigenvalue weighted by Gasteiger charge is -2.13. The average Bonchev–Trinajstić information content (AvgIpc) is 2.81. The van der Waals surface area contributed by atoms with Crippen molar-refractivity contribution in [2.24, 2.45) is 0 Å². The third kappa shape index (κ3) is 2.60. The summed E-state index contributed by atoms with van der Waals surface area (Å²) in [5.74, 6) is 0.453. The second kappa shape index (κ2) is 6.02. The highest BCUT2D eigenvalue weighted by Crippen LogP contribution is 2.22. The number of ether oxygens (including phenoxy) is 1. The molecule has 0 saturated carbocycles. The van der Waals surface area contributed by atoms with Crippen LogP contribution in [-0.4, -0.2) is 30.4 Å². The van der Waals surface area contributed by atoms with Gasteiger partial charge in [0, 0.05) is 6.54 Å². The van der Waals surface area contributed by atoms with Crippen molar-refractivity contribution in [3.8, 4) is 5.75 Å². The predicted octanol–water partition coefficient (Wildman–Crippen LogP) is 2.92. The highest BCUT2D eigenvalue weighted by molar-refractivity contribution is 6.21. The van der Waals surface area contributed by atoms with Crippen LogP contribution in [0.3, 0.4) is 0 Å². The summed E-state index contributed by atoms with van der Waals surface area (Å²) in [6, 6.07) is 14.8. The van der Waals surface area contributed by atoms with Crippen LogP contribution in [-0.2, 0) is 6.42 Å². The molecule has 0 aromatic heterocycles. The zero-order valence-corrected chi connectivity index (χ0v) is 12.4. The Hall–Kier alpha value is -2.62. The van der Waals surface area contributed by atoms with Gasteiger partial charge in [0.05, 0.1) is 18.2 Å². The van der Waals surface area contributed by atoms with E-state index < -0.39 is 0 Å². The summed E-state index contributed by atoms with van der Waals surface area (Å²) < 4.78 is 5.12. The van der Waals surface area contributed by atoms with Crippen molar-refractivity contribution in [2.75, 3.05) is 13.7 Å². The third-order valence-corrected chi connectivity index (χ3v) is 3.88. The van der Waals surface area contributed by atoms with E-state index in [0.29, 0.717) is 17.7 Å². The maximum atomic E-state index is 12.2. The van der Waals surface area contributed by atoms with Crippen LogP contribution in [0.25, 0.3) is 0 Å². The molecule has 0 N–H and O–H groups in total. The van der Waals surface area contributed by atoms with Crippen LogP contribution in [0.2, 0.25) is 0 Å². The Balaban J connectivity index is 1.60. The van der Waals surface area contributed by atoms with Gasteiger partial charge >= 0.3 is 0 Å². The number of fused-ring (bicyclic) bond motifs is 1. The molecule has 0 atom stereocenters. The molecule has 0 unspecified atom stereocenters. The summed E-state index contributed by atoms with van der Waals surface area (Å²) >= 11 is 0. The van der Waals surface area contributed by atoms with Gasteiger partial charge in [0.15, 0.2) is 0 Å². The van der Waals surface area contributed by atoms with Gasteiger partial charge in [-0.3, -0.25) is 14.5 Å². The van der Waals surface area contributed by atoms with Crippen LogP contribution in [0.15, 0.2) is 48.5 Å². The van der Waals surface area contributed by atoms with Crippen LogP contribution in [0, 0.1) is 0 Å². The highest BCUT2D eigenvalue weighted by Gasteiger charge is 2.34. The number of nitrogens with zero attached hydrogens (tertiary/aromatic N) is 1. The standard InChI is InChI=1S/C18H17NO3/c1-22-14-10-8-13(9-11-14)5-4-12-19-17(20)15-6-2-3-7-16(15)18(19)21/h2-3,6-11H,4-5,12H2,1H3. The summed E-state index contributed by atoms with van der Waals surface area (Å²) in [6.07, 6.45) is 1.56. The van der Waals surface area contributed by atoms with E-state index in [1.54, 1.807) is 31.4 Å². The quantitative estimate of drug-likeness (QED) is 0.797. The molecule has 0 spiro atoms. The number of methoxy groups -OCH3 is 1. The number of carbonyl (C=O) groups is 2. The lowest BCUT2D eigenvalue weighted by atomic mass is 10.1. The minimum Gasteiger partial charge on any atom is -0.497 e. The second-order valence-corrected chi connectivity index (χ2v) is 5.26. The van der Waals surface area contributed by atoms with Gasteiger partial charge in [-0.25, -0.2) is 0 Å². The van der Waals surface area contributed by atoms with Crippen molar-refractivity contribution in [1.29, 1.82) is 0 Å². The monoisotopic (exact) mass is 295 g/mol. The van der Waals surface area contributed by atoms with Gasteiger partial charge in [-0.2, -0.15) is 0 Å². The average molecular weight is 295 g/mol. The van der Waals surface area contributed by atoms with Crippen LogP contribution in [0.1, 0.15) is 32.7 Å². The molecule has 4 heteroatoms. The summed E-state index contributed by atoms with van der Waals surface area (Å²) in [6.45, 7) is 0.443. The minimum absolute atomic E-state index is 0.185. The normalized spacial score (nSPS) is 13.4. The van der Waals surface area contributed by atoms with Gasteiger partial charge in [-0.1, -0.05) is 24.3 Å². The van der Waals surface area contributed by atoms with Gasteiger partial charge in [-0.05, 0) is 42.7 Å². The smallest absolute Gasteiger partial charge is 0.261 e. The number of carbonyl (C=O) groups excluding carboxylic acids is 2. The minimum atomic E-state index is -0.185. The summed E-state index contributed by atoms with van der Waals surface area (Å²) in [5.41, 5.74) is 2.19. The molecule has 0 fully saturated rings. The molecule has 22 heavy (non-hydrogen) atoms. The fourth-order valence-electron chi connectivity index (χ4n) is 2.68. The van der Waals surface area contributed by atoms with E-state index in [9.17, 15) is 9.59 Å². The molecule has 112 valence electrons. The van der Waals surface area contributed by atoms with E-state index in [-0.39, 0.29) is 11.8 Å². The number of hydrogen-bond donors (Lipinski definition) is 0. The molecule has 1 heterocycles. The Morgan fingerprint density at radius 2 is 1.50 bits per heavy atom. The molecule has 0 radical (unpaired) electrons. The number of amides is 2. The molecule has 0 aliphatic carbocycles. The maximum Gasteiger partial charge on any atom is 0.261 e. The van der Waals surface area contributed by atoms with Gasteiger partial charge in [-0.15, -0.1) is 0 Å². The zero-order valence-electron chi connectivity index (χ0n) is 12.4. The van der Waals surface area contributed by atoms with Gasteiger partial charge in [0.25, 0.3) is 11.8 Å². The van der Waals surface area contributed by atoms with Crippen molar-refractivity contribution in [3.63, 3.8) is 0 Å². The largest absolute Gasteiger partial charge is 0.497 e. The number of imide groups is 1. The number of benzene rings is 2. The predicted molar refractivity (Wildman–Crippen MR) is 83.1 cm³/mol. The summed E-state index contributed by atoms with van der Waals surface area (Å²) in [5, 5.41) is 0. The fraction of sp³-hybridized carbons (Fsp3) is 0.222. The topological polar surface area (TPSA) is 46.6 Å². The Labute approximate surface area is 129 Å². The van der Waals surface area contributed by atoms with Gasteiger partial charge in [0.1, 0.15) is 5.75 Å². The van der Waals surface area contributed by atoms with Crippen molar-refractivity contribution in [2.45, 2.75) is 12.8 Å². The number of hydrogen-bond acceptors (Lipinski definition) is 3. The Kier molecular flexibility index (Phi) is 3.92. The van der Waals surface area contributed by atoms with E-state index in [1.165, 1.54) is 4.90 Å². The molecule has 0 saturated heterocycles. The molecule has 1 aliphatic rings. The molecule has 0 bridgehead atoms. The third-order valence-electron chi connectivity index (χ3n) is 3.88. The first-order valence-electron chi connectivity index (χ1n) is 7.29. The molecule has 4 nitrogen and oxygen atoms in total. The van der Waals surface area contributed by atoms with Crippen LogP contribution in [0.5, 0.6) is 5.75 Å². The SMILES string of the molecule is COc1ccc(CCCN2C(=O)c3ccccc3C2=O)cc1. The van der Waals surface area contributed by atoms with Crippen LogP contribution < -0.4 is 4.74 Å². The van der Waals surface area contributed by atoms with Crippen molar-refractivity contribution in [1.82, 2.24) is 4.90 Å². The fourth-order valence-corrected chi connectivity index (χ4v) is 2.68. The molecule has 3 rings (SSSR count). The molecule has 2 aromatic rings. The zero-order chi connectivity index (χ0) is 15.5.